The van der Waals surface area contributed by atoms with Crippen molar-refractivity contribution in [2.24, 2.45) is 5.11 Å². The van der Waals surface area contributed by atoms with E-state index in [4.69, 9.17) is 10.3 Å². The van der Waals surface area contributed by atoms with Gasteiger partial charge in [-0.05, 0) is 71.1 Å². The molecule has 3 amide bonds. The summed E-state index contributed by atoms with van der Waals surface area (Å²) < 4.78 is 34.3. The number of halogens is 2. The lowest BCUT2D eigenvalue weighted by atomic mass is 10.00. The van der Waals surface area contributed by atoms with Crippen molar-refractivity contribution < 1.29 is 33.0 Å². The molecular weight excluding hydrogens is 708 g/mol. The van der Waals surface area contributed by atoms with Gasteiger partial charge >= 0.3 is 0 Å². The van der Waals surface area contributed by atoms with Crippen LogP contribution in [-0.4, -0.2) is 55.2 Å². The average molecular weight is 748 g/mol. The number of carbonyl (C=O) groups excluding carboxylic acids is 3. The summed E-state index contributed by atoms with van der Waals surface area (Å²) in [6.45, 7) is 2.15. The zero-order valence-electron chi connectivity index (χ0n) is 29.9. The van der Waals surface area contributed by atoms with Gasteiger partial charge in [-0.1, -0.05) is 77.9 Å². The third-order valence-electron chi connectivity index (χ3n) is 8.61. The Morgan fingerprint density at radius 3 is 2.20 bits per heavy atom. The molecule has 5 aromatic carbocycles. The maximum absolute atomic E-state index is 14.4. The summed E-state index contributed by atoms with van der Waals surface area (Å²) in [5.74, 6) is -3.89. The van der Waals surface area contributed by atoms with Crippen LogP contribution in [0.1, 0.15) is 37.4 Å². The van der Waals surface area contributed by atoms with Gasteiger partial charge in [-0.15, -0.1) is 0 Å². The first kappa shape index (κ1) is 39.4. The monoisotopic (exact) mass is 747 g/mol. The van der Waals surface area contributed by atoms with Crippen LogP contribution in [0.4, 0.5) is 20.2 Å². The SMILES string of the molecule is Cc1ccc(C(=O)N[C@@H](Cc2ccc(-c3ccccc3)cc2)C(=O)NCCOCCNC(=O)c2ccc(N=[N+]=[N-])cc2)cc1NCc1c(F)ccc(O)c1F. The molecule has 0 aliphatic carbocycles. The van der Waals surface area contributed by atoms with Gasteiger partial charge in [0.2, 0.25) is 5.91 Å². The maximum Gasteiger partial charge on any atom is 0.252 e. The van der Waals surface area contributed by atoms with Crippen molar-refractivity contribution in [3.8, 4) is 16.9 Å². The molecule has 0 aliphatic heterocycles. The molecule has 1 atom stereocenters. The Morgan fingerprint density at radius 2 is 1.49 bits per heavy atom. The molecule has 0 spiro atoms. The lowest BCUT2D eigenvalue weighted by Crippen LogP contribution is -2.48. The predicted octanol–water partition coefficient (Wildman–Crippen LogP) is 7.10. The highest BCUT2D eigenvalue weighted by Crippen LogP contribution is 2.25. The highest BCUT2D eigenvalue weighted by atomic mass is 19.1. The van der Waals surface area contributed by atoms with Crippen LogP contribution in [0.15, 0.2) is 114 Å². The predicted molar refractivity (Wildman–Crippen MR) is 205 cm³/mol. The van der Waals surface area contributed by atoms with Gasteiger partial charge in [-0.25, -0.2) is 8.78 Å². The number of nitrogens with one attached hydrogen (secondary N) is 4. The van der Waals surface area contributed by atoms with Gasteiger partial charge in [0.15, 0.2) is 11.6 Å². The molecule has 12 nitrogen and oxygen atoms in total. The number of carbonyl (C=O) groups is 3. The number of phenols is 1. The molecule has 55 heavy (non-hydrogen) atoms. The molecule has 0 aromatic heterocycles. The van der Waals surface area contributed by atoms with Gasteiger partial charge in [0.1, 0.15) is 11.9 Å². The third kappa shape index (κ3) is 11.1. The fourth-order valence-electron chi connectivity index (χ4n) is 5.58. The van der Waals surface area contributed by atoms with Gasteiger partial charge in [0, 0.05) is 59.0 Å². The Morgan fingerprint density at radius 1 is 0.818 bits per heavy atom. The fraction of sp³-hybridized carbons (Fsp3) is 0.195. The molecule has 0 aliphatic rings. The Hall–Kier alpha value is -6.76. The Balaban J connectivity index is 1.19. The van der Waals surface area contributed by atoms with E-state index in [-0.39, 0.29) is 56.3 Å². The van der Waals surface area contributed by atoms with Crippen LogP contribution in [-0.2, 0) is 22.5 Å². The third-order valence-corrected chi connectivity index (χ3v) is 8.61. The minimum Gasteiger partial charge on any atom is -0.505 e. The number of nitrogens with zero attached hydrogens (tertiary/aromatic N) is 3. The standard InChI is InChI=1S/C41H39F2N7O5/c1-26-7-10-31(24-35(26)47-25-33-34(42)17-18-37(51)38(33)43)40(53)48-36(23-27-8-11-29(12-9-27)28-5-3-2-4-6-28)41(54)46-20-22-55-21-19-45-39(52)30-13-15-32(16-14-30)49-50-44/h2-18,24,36,47,51H,19-23,25H2,1H3,(H,45,52)(H,46,54)(H,48,53)/t36-/m0/s1. The lowest BCUT2D eigenvalue weighted by molar-refractivity contribution is -0.123. The van der Waals surface area contributed by atoms with Gasteiger partial charge in [-0.3, -0.25) is 14.4 Å². The van der Waals surface area contributed by atoms with Gasteiger partial charge < -0.3 is 31.1 Å². The Kier molecular flexibility index (Phi) is 13.9. The molecule has 0 bridgehead atoms. The molecule has 5 aromatic rings. The van der Waals surface area contributed by atoms with Crippen LogP contribution in [0.5, 0.6) is 5.75 Å². The van der Waals surface area contributed by atoms with Crippen LogP contribution in [0.3, 0.4) is 0 Å². The van der Waals surface area contributed by atoms with Crippen LogP contribution in [0, 0.1) is 18.6 Å². The Bertz CT molecular complexity index is 2160. The maximum atomic E-state index is 14.4. The van der Waals surface area contributed by atoms with Gasteiger partial charge in [0.25, 0.3) is 11.8 Å². The van der Waals surface area contributed by atoms with Crippen LogP contribution in [0.2, 0.25) is 0 Å². The number of anilines is 1. The van der Waals surface area contributed by atoms with Crippen LogP contribution >= 0.6 is 0 Å². The van der Waals surface area contributed by atoms with E-state index in [1.807, 2.05) is 54.6 Å². The van der Waals surface area contributed by atoms with E-state index >= 15 is 0 Å². The first-order valence-corrected chi connectivity index (χ1v) is 17.4. The summed E-state index contributed by atoms with van der Waals surface area (Å²) in [7, 11) is 0. The molecular formula is C41H39F2N7O5. The quantitative estimate of drug-likeness (QED) is 0.0293. The van der Waals surface area contributed by atoms with Crippen LogP contribution in [0.25, 0.3) is 21.6 Å². The molecule has 0 unspecified atom stereocenters. The summed E-state index contributed by atoms with van der Waals surface area (Å²) in [6, 6.07) is 29.4. The largest absolute Gasteiger partial charge is 0.505 e. The molecule has 0 radical (unpaired) electrons. The van der Waals surface area contributed by atoms with Crippen molar-refractivity contribution in [1.82, 2.24) is 16.0 Å². The van der Waals surface area contributed by atoms with E-state index in [2.05, 4.69) is 31.3 Å². The number of hydrogen-bond donors (Lipinski definition) is 5. The summed E-state index contributed by atoms with van der Waals surface area (Å²) >= 11 is 0. The van der Waals surface area contributed by atoms with Crippen LogP contribution < -0.4 is 21.3 Å². The first-order chi connectivity index (χ1) is 26.6. The molecule has 0 saturated heterocycles. The number of ether oxygens (including phenoxy) is 1. The summed E-state index contributed by atoms with van der Waals surface area (Å²) in [5, 5.41) is 24.5. The highest BCUT2D eigenvalue weighted by molar-refractivity contribution is 5.98. The number of benzene rings is 5. The fourth-order valence-corrected chi connectivity index (χ4v) is 5.58. The second kappa shape index (κ2) is 19.4. The van der Waals surface area contributed by atoms with E-state index in [1.165, 1.54) is 18.2 Å². The number of aromatic hydroxyl groups is 1. The summed E-state index contributed by atoms with van der Waals surface area (Å²) in [5.41, 5.74) is 13.1. The number of hydrogen-bond acceptors (Lipinski definition) is 7. The molecule has 0 fully saturated rings. The highest BCUT2D eigenvalue weighted by Gasteiger charge is 2.23. The summed E-state index contributed by atoms with van der Waals surface area (Å²) in [6.07, 6.45) is 0.177. The van der Waals surface area contributed by atoms with Crippen molar-refractivity contribution in [3.63, 3.8) is 0 Å². The molecule has 282 valence electrons. The number of amides is 3. The van der Waals surface area contributed by atoms with E-state index < -0.39 is 35.2 Å². The number of phenolic OH excluding ortho intramolecular Hbond substituents is 1. The van der Waals surface area contributed by atoms with Crippen molar-refractivity contribution in [2.45, 2.75) is 25.9 Å². The molecule has 0 saturated carbocycles. The van der Waals surface area contributed by atoms with Crippen molar-refractivity contribution in [3.05, 3.63) is 159 Å². The molecule has 14 heteroatoms. The molecule has 0 heterocycles. The number of azide groups is 1. The zero-order chi connectivity index (χ0) is 39.2. The smallest absolute Gasteiger partial charge is 0.252 e. The second-order valence-electron chi connectivity index (χ2n) is 12.4. The molecule has 5 rings (SSSR count). The lowest BCUT2D eigenvalue weighted by Gasteiger charge is -2.20. The number of rotatable bonds is 17. The zero-order valence-corrected chi connectivity index (χ0v) is 29.9. The topological polar surface area (TPSA) is 178 Å². The minimum atomic E-state index is -1.08. The van der Waals surface area contributed by atoms with Crippen molar-refractivity contribution in [1.29, 1.82) is 0 Å². The minimum absolute atomic E-state index is 0.133. The Labute approximate surface area is 316 Å². The van der Waals surface area contributed by atoms with Gasteiger partial charge in [-0.2, -0.15) is 0 Å². The normalized spacial score (nSPS) is 11.2. The number of aryl methyl sites for hydroxylation is 1. The van der Waals surface area contributed by atoms with E-state index in [9.17, 15) is 28.3 Å². The van der Waals surface area contributed by atoms with Gasteiger partial charge in [0.05, 0.1) is 13.2 Å². The van der Waals surface area contributed by atoms with E-state index in [0.29, 0.717) is 22.5 Å². The first-order valence-electron chi connectivity index (χ1n) is 17.4. The van der Waals surface area contributed by atoms with E-state index in [1.54, 1.807) is 31.2 Å². The van der Waals surface area contributed by atoms with E-state index in [0.717, 1.165) is 28.8 Å². The average Bonchev–Trinajstić information content (AvgIpc) is 3.20. The van der Waals surface area contributed by atoms with Crippen molar-refractivity contribution in [2.75, 3.05) is 31.6 Å². The summed E-state index contributed by atoms with van der Waals surface area (Å²) in [4.78, 5) is 42.2. The second-order valence-corrected chi connectivity index (χ2v) is 12.4. The molecule has 5 N–H and O–H groups in total. The van der Waals surface area contributed by atoms with Crippen molar-refractivity contribution >= 4 is 29.1 Å².